The molecule has 0 saturated heterocycles. The monoisotopic (exact) mass is 880 g/mol. The number of rotatable bonds is 16. The van der Waals surface area contributed by atoms with Gasteiger partial charge in [-0.1, -0.05) is 85.0 Å². The minimum Gasteiger partial charge on any atom is -0.550 e. The number of fused-ring (bicyclic) bond motifs is 2. The first-order valence-electron chi connectivity index (χ1n) is 20.7. The van der Waals surface area contributed by atoms with Gasteiger partial charge < -0.3 is 40.2 Å². The van der Waals surface area contributed by atoms with Crippen LogP contribution in [0, 0.1) is 11.6 Å². The molecule has 2 aliphatic rings. The normalized spacial score (nSPS) is 15.7. The van der Waals surface area contributed by atoms with Crippen molar-refractivity contribution >= 4 is 83.6 Å². The third kappa shape index (κ3) is 12.6. The molecule has 13 heteroatoms. The van der Waals surface area contributed by atoms with Gasteiger partial charge in [-0.15, -0.1) is 0 Å². The third-order valence-electron chi connectivity index (χ3n) is 10.9. The second-order valence-corrected chi connectivity index (χ2v) is 16.0. The van der Waals surface area contributed by atoms with Gasteiger partial charge in [-0.2, -0.15) is 0 Å². The molecule has 2 fully saturated rings. The zero-order valence-corrected chi connectivity index (χ0v) is 36.7. The first kappa shape index (κ1) is 47.6. The van der Waals surface area contributed by atoms with Gasteiger partial charge in [0.1, 0.15) is 11.6 Å². The largest absolute Gasteiger partial charge is 2.00 e. The molecule has 4 aromatic carbocycles. The summed E-state index contributed by atoms with van der Waals surface area (Å²) in [4.78, 5) is 31.0. The zero-order valence-electron chi connectivity index (χ0n) is 34.4. The van der Waals surface area contributed by atoms with Gasteiger partial charge in [0.25, 0.3) is 0 Å². The molecule has 0 spiro atoms. The van der Waals surface area contributed by atoms with E-state index in [4.69, 9.17) is 9.97 Å². The van der Waals surface area contributed by atoms with E-state index in [0.29, 0.717) is 11.8 Å². The molecule has 0 unspecified atom stereocenters. The Morgan fingerprint density at radius 2 is 0.937 bits per heavy atom. The minimum absolute atomic E-state index is 0. The van der Waals surface area contributed by atoms with E-state index in [0.717, 1.165) is 92.3 Å². The van der Waals surface area contributed by atoms with Gasteiger partial charge in [-0.25, -0.2) is 8.78 Å². The Balaban J connectivity index is 0.000000206. The summed E-state index contributed by atoms with van der Waals surface area (Å²) in [5.74, 6) is -2.72. The van der Waals surface area contributed by atoms with Gasteiger partial charge >= 0.3 is 37.7 Å². The number of hydrogen-bond donors (Lipinski definition) is 4. The molecule has 2 aromatic heterocycles. The maximum Gasteiger partial charge on any atom is 2.00 e. The van der Waals surface area contributed by atoms with E-state index >= 15 is 0 Å². The van der Waals surface area contributed by atoms with Crippen LogP contribution in [0.4, 0.5) is 8.78 Å². The summed E-state index contributed by atoms with van der Waals surface area (Å²) in [5.41, 5.74) is 8.76. The molecule has 0 bridgehead atoms. The van der Waals surface area contributed by atoms with Crippen LogP contribution in [0.25, 0.3) is 56.2 Å². The van der Waals surface area contributed by atoms with E-state index in [-0.39, 0.29) is 62.2 Å². The number of pyridine rings is 2. The molecule has 10 nitrogen and oxygen atoms in total. The van der Waals surface area contributed by atoms with Gasteiger partial charge in [0, 0.05) is 82.5 Å². The van der Waals surface area contributed by atoms with Crippen molar-refractivity contribution in [2.45, 2.75) is 87.6 Å². The molecule has 4 atom stereocenters. The fraction of sp³-hybridized carbons (Fsp3) is 0.280. The minimum atomic E-state index is -1.36. The van der Waals surface area contributed by atoms with Crippen LogP contribution in [0.2, 0.25) is 0 Å². The van der Waals surface area contributed by atoms with Crippen molar-refractivity contribution in [3.05, 3.63) is 143 Å². The molecule has 0 amide bonds. The topological polar surface area (TPSA) is 187 Å². The number of aromatic nitrogens is 2. The van der Waals surface area contributed by atoms with Crippen LogP contribution in [0.1, 0.15) is 85.7 Å². The third-order valence-corrected chi connectivity index (χ3v) is 10.9. The number of nitrogens with zero attached hydrogens (tertiary/aromatic N) is 2. The quantitative estimate of drug-likeness (QED) is 0.0843. The molecule has 6 aromatic rings. The van der Waals surface area contributed by atoms with Crippen molar-refractivity contribution in [2.24, 2.45) is 0 Å². The SMILES string of the molecule is O=C([O-])C[C@@H](O)C[C@H](O)/C=C/c1c(C2CC2)nc2ccccc2c1-c1ccc(F)cc1.O=C([O-])C[C@H](O)C[C@@H](O)/C=C/c1c(C2CC2)nc2ccccc2c1-c1ccc(F)cc1.[Ca+2]. The van der Waals surface area contributed by atoms with Gasteiger partial charge in [-0.3, -0.25) is 9.97 Å². The van der Waals surface area contributed by atoms with E-state index in [2.05, 4.69) is 0 Å². The summed E-state index contributed by atoms with van der Waals surface area (Å²) in [5, 5.41) is 63.3. The number of hydrogen-bond acceptors (Lipinski definition) is 10. The molecule has 0 radical (unpaired) electrons. The molecule has 0 aliphatic heterocycles. The molecule has 8 rings (SSSR count). The Morgan fingerprint density at radius 1 is 0.587 bits per heavy atom. The van der Waals surface area contributed by atoms with E-state index in [1.807, 2.05) is 48.5 Å². The Labute approximate surface area is 393 Å². The van der Waals surface area contributed by atoms with Gasteiger partial charge in [0.2, 0.25) is 0 Å². The standard InChI is InChI=1S/2C25H24FNO4.Ca/c2*26-17-9-7-15(8-10-17)24-20-3-1-2-4-22(20)27-25(16-5-6-16)21(24)12-11-18(28)13-19(29)14-23(30)31;/h2*1-4,7-12,16,18-19,28-29H,5-6,13-14H2,(H,30,31);/q;;+2/p-2/b2*12-11+;/t2*18-,19+;/m10./s1. The predicted molar refractivity (Wildman–Crippen MR) is 235 cm³/mol. The Bertz CT molecular complexity index is 2430. The molecule has 2 heterocycles. The fourth-order valence-corrected chi connectivity index (χ4v) is 7.70. The smallest absolute Gasteiger partial charge is 0.550 e. The zero-order chi connectivity index (χ0) is 43.9. The number of benzene rings is 4. The van der Waals surface area contributed by atoms with Crippen LogP contribution in [0.3, 0.4) is 0 Å². The van der Waals surface area contributed by atoms with Crippen LogP contribution in [-0.4, -0.2) is 104 Å². The van der Waals surface area contributed by atoms with E-state index in [9.17, 15) is 49.0 Å². The van der Waals surface area contributed by atoms with Crippen LogP contribution in [0.5, 0.6) is 0 Å². The summed E-state index contributed by atoms with van der Waals surface area (Å²) in [6.45, 7) is 0. The van der Waals surface area contributed by atoms with E-state index in [1.165, 1.54) is 24.3 Å². The number of aliphatic hydroxyl groups is 4. The second kappa shape index (κ2) is 21.6. The number of carboxylic acid groups (broad SMARTS) is 2. The number of carboxylic acids is 2. The summed E-state index contributed by atoms with van der Waals surface area (Å²) >= 11 is 0. The van der Waals surface area contributed by atoms with Crippen molar-refractivity contribution in [3.63, 3.8) is 0 Å². The van der Waals surface area contributed by atoms with Crippen molar-refractivity contribution in [2.75, 3.05) is 0 Å². The number of para-hydroxylation sites is 2. The van der Waals surface area contributed by atoms with Crippen molar-refractivity contribution < 1.29 is 49.0 Å². The van der Waals surface area contributed by atoms with E-state index < -0.39 is 49.2 Å². The molecular weight excluding hydrogens is 835 g/mol. The number of carbonyl (C=O) groups excluding carboxylic acids is 2. The maximum absolute atomic E-state index is 13.6. The summed E-state index contributed by atoms with van der Waals surface area (Å²) < 4.78 is 27.1. The Kier molecular flexibility index (Phi) is 16.3. The van der Waals surface area contributed by atoms with Crippen LogP contribution in [-0.2, 0) is 9.59 Å². The summed E-state index contributed by atoms with van der Waals surface area (Å²) in [7, 11) is 0. The predicted octanol–water partition coefficient (Wildman–Crippen LogP) is 5.99. The number of carbonyl (C=O) groups is 2. The first-order valence-corrected chi connectivity index (χ1v) is 20.7. The van der Waals surface area contributed by atoms with Crippen molar-refractivity contribution in [1.82, 2.24) is 9.97 Å². The molecule has 320 valence electrons. The summed E-state index contributed by atoms with van der Waals surface area (Å²) in [6, 6.07) is 28.1. The number of aliphatic hydroxyl groups excluding tert-OH is 4. The van der Waals surface area contributed by atoms with Crippen LogP contribution in [0.15, 0.2) is 109 Å². The first-order chi connectivity index (χ1) is 29.8. The molecule has 2 saturated carbocycles. The fourth-order valence-electron chi connectivity index (χ4n) is 7.70. The molecule has 2 aliphatic carbocycles. The van der Waals surface area contributed by atoms with Crippen LogP contribution >= 0.6 is 0 Å². The van der Waals surface area contributed by atoms with Gasteiger partial charge in [0.05, 0.1) is 46.8 Å². The van der Waals surface area contributed by atoms with Crippen molar-refractivity contribution in [3.8, 4) is 22.3 Å². The molecule has 4 N–H and O–H groups in total. The van der Waals surface area contributed by atoms with Gasteiger partial charge in [-0.05, 0) is 73.2 Å². The van der Waals surface area contributed by atoms with Gasteiger partial charge in [0.15, 0.2) is 0 Å². The molecular formula is C50H46CaF2N2O8. The number of aliphatic carboxylic acids is 2. The molecule has 63 heavy (non-hydrogen) atoms. The average Bonchev–Trinajstić information content (AvgIpc) is 4.17. The number of halogens is 2. The summed E-state index contributed by atoms with van der Waals surface area (Å²) in [6.07, 6.45) is 5.02. The van der Waals surface area contributed by atoms with Crippen LogP contribution < -0.4 is 10.2 Å². The Morgan fingerprint density at radius 3 is 1.27 bits per heavy atom. The maximum atomic E-state index is 13.6. The Hall–Kier alpha value is -4.92. The van der Waals surface area contributed by atoms with E-state index in [1.54, 1.807) is 48.6 Å². The second-order valence-electron chi connectivity index (χ2n) is 16.0. The average molecular weight is 881 g/mol. The van der Waals surface area contributed by atoms with Crippen molar-refractivity contribution in [1.29, 1.82) is 0 Å².